The maximum absolute atomic E-state index is 12.2. The van der Waals surface area contributed by atoms with Crippen molar-refractivity contribution in [2.24, 2.45) is 11.8 Å². The molecule has 17 heavy (non-hydrogen) atoms. The molecule has 96 valence electrons. The topological polar surface area (TPSA) is 52.6 Å². The number of carbonyl (C=O) groups excluding carboxylic acids is 2. The molecular weight excluding hydrogens is 220 g/mol. The number of esters is 1. The monoisotopic (exact) mass is 240 g/mol. The lowest BCUT2D eigenvalue weighted by Crippen LogP contribution is -2.54. The second-order valence-corrected chi connectivity index (χ2v) is 5.73. The van der Waals surface area contributed by atoms with E-state index in [-0.39, 0.29) is 17.3 Å². The van der Waals surface area contributed by atoms with Crippen LogP contribution in [-0.2, 0) is 19.1 Å². The molecule has 2 rings (SSSR count). The molecule has 0 saturated carbocycles. The van der Waals surface area contributed by atoms with E-state index in [0.717, 1.165) is 12.8 Å². The molecule has 2 heterocycles. The van der Waals surface area contributed by atoms with Crippen LogP contribution in [0.4, 0.5) is 0 Å². The Morgan fingerprint density at radius 2 is 2.12 bits per heavy atom. The quantitative estimate of drug-likeness (QED) is 0.544. The van der Waals surface area contributed by atoms with Crippen molar-refractivity contribution in [2.75, 3.05) is 7.11 Å². The van der Waals surface area contributed by atoms with Crippen molar-refractivity contribution in [3.63, 3.8) is 0 Å². The van der Waals surface area contributed by atoms with Crippen LogP contribution in [0.2, 0.25) is 0 Å². The third-order valence-electron chi connectivity index (χ3n) is 4.38. The van der Waals surface area contributed by atoms with E-state index in [9.17, 15) is 9.59 Å². The van der Waals surface area contributed by atoms with E-state index >= 15 is 0 Å². The van der Waals surface area contributed by atoms with Gasteiger partial charge >= 0.3 is 5.97 Å². The molecule has 0 radical (unpaired) electrons. The maximum Gasteiger partial charge on any atom is 0.319 e. The number of fused-ring (bicyclic) bond motifs is 2. The highest BCUT2D eigenvalue weighted by Gasteiger charge is 2.61. The molecule has 2 aliphatic rings. The molecule has 0 amide bonds. The molecule has 2 fully saturated rings. The Hall–Kier alpha value is -0.900. The number of hydrogen-bond donors (Lipinski definition) is 0. The average Bonchev–Trinajstić information content (AvgIpc) is 2.52. The van der Waals surface area contributed by atoms with Gasteiger partial charge in [-0.1, -0.05) is 13.8 Å². The molecule has 0 N–H and O–H groups in total. The van der Waals surface area contributed by atoms with Crippen molar-refractivity contribution in [1.82, 2.24) is 0 Å². The molecule has 0 aromatic rings. The zero-order chi connectivity index (χ0) is 12.8. The van der Waals surface area contributed by atoms with Gasteiger partial charge in [-0.3, -0.25) is 9.59 Å². The minimum atomic E-state index is -0.748. The van der Waals surface area contributed by atoms with E-state index in [4.69, 9.17) is 9.47 Å². The fourth-order valence-corrected chi connectivity index (χ4v) is 3.20. The van der Waals surface area contributed by atoms with Crippen molar-refractivity contribution in [3.8, 4) is 0 Å². The molecule has 0 aromatic carbocycles. The lowest BCUT2D eigenvalue weighted by Gasteiger charge is -2.43. The largest absolute Gasteiger partial charge is 0.468 e. The molecule has 0 aliphatic carbocycles. The summed E-state index contributed by atoms with van der Waals surface area (Å²) in [4.78, 5) is 23.9. The fraction of sp³-hybridized carbons (Fsp3) is 0.846. The zero-order valence-corrected chi connectivity index (χ0v) is 10.9. The first-order chi connectivity index (χ1) is 7.84. The standard InChI is InChI=1S/C13H20O4/c1-8(2)13-6-5-12(3,17-13)10(9(14)7-13)11(15)16-4/h8,10H,5-7H2,1-4H3/t10-,12+,13-/m0/s1. The minimum absolute atomic E-state index is 0.0307. The first kappa shape index (κ1) is 12.6. The smallest absolute Gasteiger partial charge is 0.319 e. The third kappa shape index (κ3) is 1.69. The summed E-state index contributed by atoms with van der Waals surface area (Å²) in [5.74, 6) is -0.956. The Kier molecular flexibility index (Phi) is 2.81. The summed E-state index contributed by atoms with van der Waals surface area (Å²) in [6.07, 6.45) is 1.93. The Morgan fingerprint density at radius 1 is 1.47 bits per heavy atom. The van der Waals surface area contributed by atoms with E-state index < -0.39 is 17.5 Å². The molecule has 0 unspecified atom stereocenters. The number of Topliss-reactive ketones (excluding diaryl/α,β-unsaturated/α-hetero) is 1. The maximum atomic E-state index is 12.2. The van der Waals surface area contributed by atoms with E-state index in [1.807, 2.05) is 6.92 Å². The van der Waals surface area contributed by atoms with E-state index in [0.29, 0.717) is 6.42 Å². The Labute approximate surface area is 102 Å². The predicted molar refractivity (Wildman–Crippen MR) is 61.4 cm³/mol. The van der Waals surface area contributed by atoms with E-state index in [1.165, 1.54) is 7.11 Å². The first-order valence-electron chi connectivity index (χ1n) is 6.15. The van der Waals surface area contributed by atoms with E-state index in [2.05, 4.69) is 13.8 Å². The number of carbonyl (C=O) groups is 2. The summed E-state index contributed by atoms with van der Waals surface area (Å²) in [5.41, 5.74) is -1.04. The van der Waals surface area contributed by atoms with Gasteiger partial charge in [-0.2, -0.15) is 0 Å². The zero-order valence-electron chi connectivity index (χ0n) is 10.9. The highest BCUT2D eigenvalue weighted by Crippen LogP contribution is 2.52. The highest BCUT2D eigenvalue weighted by atomic mass is 16.5. The molecule has 4 heteroatoms. The van der Waals surface area contributed by atoms with Crippen LogP contribution < -0.4 is 0 Å². The van der Waals surface area contributed by atoms with Gasteiger partial charge in [0.2, 0.25) is 0 Å². The summed E-state index contributed by atoms with van der Waals surface area (Å²) in [5, 5.41) is 0. The van der Waals surface area contributed by atoms with Gasteiger partial charge in [0.15, 0.2) is 5.78 Å². The minimum Gasteiger partial charge on any atom is -0.468 e. The Morgan fingerprint density at radius 3 is 2.65 bits per heavy atom. The SMILES string of the molecule is COC(=O)[C@@H]1C(=O)C[C@]2(C(C)C)CC[C@@]1(C)O2. The van der Waals surface area contributed by atoms with Gasteiger partial charge in [0, 0.05) is 6.42 Å². The van der Waals surface area contributed by atoms with Gasteiger partial charge in [0.25, 0.3) is 0 Å². The highest BCUT2D eigenvalue weighted by molar-refractivity contribution is 6.01. The van der Waals surface area contributed by atoms with Gasteiger partial charge < -0.3 is 9.47 Å². The Balaban J connectivity index is 2.34. The molecule has 4 nitrogen and oxygen atoms in total. The van der Waals surface area contributed by atoms with Crippen molar-refractivity contribution >= 4 is 11.8 Å². The summed E-state index contributed by atoms with van der Waals surface area (Å²) < 4.78 is 10.8. The van der Waals surface area contributed by atoms with Crippen LogP contribution in [0.15, 0.2) is 0 Å². The van der Waals surface area contributed by atoms with Gasteiger partial charge in [0.1, 0.15) is 5.92 Å². The summed E-state index contributed by atoms with van der Waals surface area (Å²) >= 11 is 0. The van der Waals surface area contributed by atoms with E-state index in [1.54, 1.807) is 0 Å². The Bertz CT molecular complexity index is 362. The van der Waals surface area contributed by atoms with Gasteiger partial charge in [0.05, 0.1) is 18.3 Å². The van der Waals surface area contributed by atoms with Crippen molar-refractivity contribution in [1.29, 1.82) is 0 Å². The van der Waals surface area contributed by atoms with Crippen LogP contribution in [0.5, 0.6) is 0 Å². The fourth-order valence-electron chi connectivity index (χ4n) is 3.20. The number of methoxy groups -OCH3 is 1. The molecule has 2 aliphatic heterocycles. The number of ketones is 1. The molecule has 3 atom stereocenters. The normalized spacial score (nSPS) is 40.8. The van der Waals surface area contributed by atoms with Crippen molar-refractivity contribution in [2.45, 2.75) is 51.2 Å². The molecule has 0 aromatic heterocycles. The van der Waals surface area contributed by atoms with Gasteiger partial charge in [-0.05, 0) is 25.7 Å². The second-order valence-electron chi connectivity index (χ2n) is 5.73. The van der Waals surface area contributed by atoms with Crippen LogP contribution in [0.1, 0.15) is 40.0 Å². The summed E-state index contributed by atoms with van der Waals surface area (Å²) in [6, 6.07) is 0. The van der Waals surface area contributed by atoms with Crippen LogP contribution in [0, 0.1) is 11.8 Å². The lowest BCUT2D eigenvalue weighted by molar-refractivity contribution is -0.194. The number of hydrogen-bond acceptors (Lipinski definition) is 4. The average molecular weight is 240 g/mol. The van der Waals surface area contributed by atoms with Crippen molar-refractivity contribution in [3.05, 3.63) is 0 Å². The van der Waals surface area contributed by atoms with Gasteiger partial charge in [-0.15, -0.1) is 0 Å². The first-order valence-corrected chi connectivity index (χ1v) is 6.15. The number of rotatable bonds is 2. The van der Waals surface area contributed by atoms with Crippen molar-refractivity contribution < 1.29 is 19.1 Å². The lowest BCUT2D eigenvalue weighted by atomic mass is 9.79. The summed E-state index contributed by atoms with van der Waals surface area (Å²) in [6.45, 7) is 5.99. The molecular formula is C13H20O4. The van der Waals surface area contributed by atoms with Crippen LogP contribution in [0.3, 0.4) is 0 Å². The summed E-state index contributed by atoms with van der Waals surface area (Å²) in [7, 11) is 1.32. The van der Waals surface area contributed by atoms with Gasteiger partial charge in [-0.25, -0.2) is 0 Å². The second kappa shape index (κ2) is 3.80. The third-order valence-corrected chi connectivity index (χ3v) is 4.38. The molecule has 0 spiro atoms. The molecule has 2 bridgehead atoms. The van der Waals surface area contributed by atoms with Crippen LogP contribution >= 0.6 is 0 Å². The number of ether oxygens (including phenoxy) is 2. The van der Waals surface area contributed by atoms with Crippen LogP contribution in [0.25, 0.3) is 0 Å². The predicted octanol–water partition coefficient (Wildman–Crippen LogP) is 1.71. The molecule has 2 saturated heterocycles. The van der Waals surface area contributed by atoms with Crippen LogP contribution in [-0.4, -0.2) is 30.1 Å².